The van der Waals surface area contributed by atoms with Gasteiger partial charge in [0.2, 0.25) is 12.9 Å². The molecule has 33 heavy (non-hydrogen) atoms. The van der Waals surface area contributed by atoms with Crippen LogP contribution < -0.4 is 14.8 Å². The summed E-state index contributed by atoms with van der Waals surface area (Å²) in [7, 11) is 0. The van der Waals surface area contributed by atoms with Crippen molar-refractivity contribution in [1.82, 2.24) is 0 Å². The average molecular weight is 478 g/mol. The lowest BCUT2D eigenvalue weighted by molar-refractivity contribution is -0.137. The number of benzene rings is 3. The minimum absolute atomic E-state index is 0.00547. The number of halogens is 4. The van der Waals surface area contributed by atoms with Crippen molar-refractivity contribution in [3.8, 4) is 11.5 Å². The number of rotatable bonds is 5. The quantitative estimate of drug-likeness (QED) is 0.482. The Labute approximate surface area is 190 Å². The maximum Gasteiger partial charge on any atom is 0.418 e. The monoisotopic (exact) mass is 477 g/mol. The Balaban J connectivity index is 1.62. The van der Waals surface area contributed by atoms with Crippen LogP contribution in [0.15, 0.2) is 66.7 Å². The number of nitrogens with one attached hydrogen (secondary N) is 1. The Bertz CT molecular complexity index is 1200. The lowest BCUT2D eigenvalue weighted by atomic mass is 10.1. The van der Waals surface area contributed by atoms with E-state index < -0.39 is 35.4 Å². The zero-order chi connectivity index (χ0) is 23.6. The van der Waals surface area contributed by atoms with Gasteiger partial charge in [0.25, 0.3) is 5.91 Å². The van der Waals surface area contributed by atoms with Crippen LogP contribution in [0, 0.1) is 0 Å². The molecule has 0 spiro atoms. The summed E-state index contributed by atoms with van der Waals surface area (Å²) in [6.45, 7) is 0.00547. The van der Waals surface area contributed by atoms with E-state index in [9.17, 15) is 22.8 Å². The Morgan fingerprint density at radius 3 is 2.42 bits per heavy atom. The lowest BCUT2D eigenvalue weighted by Crippen LogP contribution is -2.27. The Morgan fingerprint density at radius 1 is 0.970 bits per heavy atom. The van der Waals surface area contributed by atoms with Gasteiger partial charge in [-0.25, -0.2) is 4.79 Å². The van der Waals surface area contributed by atoms with E-state index in [1.807, 2.05) is 0 Å². The number of hydrogen-bond donors (Lipinski definition) is 1. The average Bonchev–Trinajstić information content (AvgIpc) is 3.26. The van der Waals surface area contributed by atoms with E-state index in [1.54, 1.807) is 18.2 Å². The normalized spacial score (nSPS) is 13.3. The SMILES string of the molecule is O=C(O[C@H](C(=O)Nc1ccc(Cl)cc1C(F)(F)F)c1ccccc1)c1ccc2c(c1)OCO2. The van der Waals surface area contributed by atoms with Crippen LogP contribution >= 0.6 is 11.6 Å². The number of amides is 1. The van der Waals surface area contributed by atoms with Gasteiger partial charge in [0, 0.05) is 10.6 Å². The highest BCUT2D eigenvalue weighted by molar-refractivity contribution is 6.30. The smallest absolute Gasteiger partial charge is 0.418 e. The van der Waals surface area contributed by atoms with E-state index in [4.69, 9.17) is 25.8 Å². The number of ether oxygens (including phenoxy) is 3. The topological polar surface area (TPSA) is 73.9 Å². The van der Waals surface area contributed by atoms with Crippen molar-refractivity contribution in [3.63, 3.8) is 0 Å². The van der Waals surface area contributed by atoms with Gasteiger partial charge in [-0.05, 0) is 36.4 Å². The van der Waals surface area contributed by atoms with Crippen LogP contribution in [0.25, 0.3) is 0 Å². The highest BCUT2D eigenvalue weighted by atomic mass is 35.5. The van der Waals surface area contributed by atoms with Crippen LogP contribution in [0.5, 0.6) is 11.5 Å². The molecule has 1 N–H and O–H groups in total. The standard InChI is InChI=1S/C23H15ClF3NO5/c24-15-7-8-17(16(11-15)23(25,26)27)28-21(29)20(13-4-2-1-3-5-13)33-22(30)14-6-9-18-19(10-14)32-12-31-18/h1-11,20H,12H2,(H,28,29)/t20-/m0/s1. The van der Waals surface area contributed by atoms with Crippen LogP contribution in [-0.2, 0) is 15.7 Å². The largest absolute Gasteiger partial charge is 0.454 e. The van der Waals surface area contributed by atoms with Crippen molar-refractivity contribution in [2.45, 2.75) is 12.3 Å². The Kier molecular flexibility index (Phi) is 6.15. The molecule has 170 valence electrons. The van der Waals surface area contributed by atoms with Crippen LogP contribution in [0.3, 0.4) is 0 Å². The second kappa shape index (κ2) is 9.03. The molecule has 1 atom stereocenters. The van der Waals surface area contributed by atoms with E-state index in [-0.39, 0.29) is 22.9 Å². The van der Waals surface area contributed by atoms with Crippen LogP contribution in [0.4, 0.5) is 18.9 Å². The molecule has 10 heteroatoms. The minimum Gasteiger partial charge on any atom is -0.454 e. The summed E-state index contributed by atoms with van der Waals surface area (Å²) in [4.78, 5) is 25.8. The highest BCUT2D eigenvalue weighted by Crippen LogP contribution is 2.37. The number of hydrogen-bond acceptors (Lipinski definition) is 5. The zero-order valence-electron chi connectivity index (χ0n) is 16.7. The second-order valence-corrected chi connectivity index (χ2v) is 7.38. The first-order valence-corrected chi connectivity index (χ1v) is 9.93. The van der Waals surface area contributed by atoms with Crippen molar-refractivity contribution in [3.05, 3.63) is 88.4 Å². The van der Waals surface area contributed by atoms with Crippen LogP contribution in [-0.4, -0.2) is 18.7 Å². The lowest BCUT2D eigenvalue weighted by Gasteiger charge is -2.20. The van der Waals surface area contributed by atoms with Gasteiger partial charge in [-0.3, -0.25) is 4.79 Å². The molecule has 0 saturated heterocycles. The van der Waals surface area contributed by atoms with Crippen molar-refractivity contribution in [2.75, 3.05) is 12.1 Å². The van der Waals surface area contributed by atoms with Crippen molar-refractivity contribution < 1.29 is 37.0 Å². The fraction of sp³-hybridized carbons (Fsp3) is 0.130. The summed E-state index contributed by atoms with van der Waals surface area (Å²) >= 11 is 5.69. The second-order valence-electron chi connectivity index (χ2n) is 6.94. The number of carbonyl (C=O) groups excluding carboxylic acids is 2. The number of esters is 1. The summed E-state index contributed by atoms with van der Waals surface area (Å²) in [5.41, 5.74) is -1.30. The van der Waals surface area contributed by atoms with Crippen molar-refractivity contribution >= 4 is 29.2 Å². The first kappa shape index (κ1) is 22.5. The summed E-state index contributed by atoms with van der Waals surface area (Å²) in [5, 5.41) is 2.06. The van der Waals surface area contributed by atoms with Gasteiger partial charge >= 0.3 is 12.1 Å². The van der Waals surface area contributed by atoms with Gasteiger partial charge in [-0.1, -0.05) is 41.9 Å². The fourth-order valence-corrected chi connectivity index (χ4v) is 3.33. The third kappa shape index (κ3) is 5.04. The third-order valence-electron chi connectivity index (χ3n) is 4.72. The molecule has 1 amide bonds. The number of anilines is 1. The molecule has 4 rings (SSSR count). The highest BCUT2D eigenvalue weighted by Gasteiger charge is 2.35. The predicted molar refractivity (Wildman–Crippen MR) is 112 cm³/mol. The molecular weight excluding hydrogens is 463 g/mol. The van der Waals surface area contributed by atoms with Gasteiger partial charge in [0.05, 0.1) is 16.8 Å². The van der Waals surface area contributed by atoms with E-state index in [0.717, 1.165) is 6.07 Å². The summed E-state index contributed by atoms with van der Waals surface area (Å²) in [6.07, 6.45) is -6.29. The fourth-order valence-electron chi connectivity index (χ4n) is 3.16. The molecule has 0 aromatic heterocycles. The molecule has 0 saturated carbocycles. The number of carbonyl (C=O) groups is 2. The Hall–Kier alpha value is -3.72. The van der Waals surface area contributed by atoms with E-state index in [1.165, 1.54) is 36.4 Å². The van der Waals surface area contributed by atoms with Gasteiger partial charge in [0.1, 0.15) is 0 Å². The Morgan fingerprint density at radius 2 is 1.70 bits per heavy atom. The molecule has 0 fully saturated rings. The van der Waals surface area contributed by atoms with Gasteiger partial charge < -0.3 is 19.5 Å². The minimum atomic E-state index is -4.76. The molecule has 3 aromatic carbocycles. The van der Waals surface area contributed by atoms with Crippen molar-refractivity contribution in [1.29, 1.82) is 0 Å². The van der Waals surface area contributed by atoms with E-state index in [0.29, 0.717) is 17.6 Å². The molecule has 0 radical (unpaired) electrons. The molecular formula is C23H15ClF3NO5. The van der Waals surface area contributed by atoms with E-state index >= 15 is 0 Å². The summed E-state index contributed by atoms with van der Waals surface area (Å²) in [6, 6.07) is 15.2. The first-order chi connectivity index (χ1) is 15.7. The van der Waals surface area contributed by atoms with E-state index in [2.05, 4.69) is 5.32 Å². The van der Waals surface area contributed by atoms with Crippen molar-refractivity contribution in [2.24, 2.45) is 0 Å². The molecule has 0 unspecified atom stereocenters. The summed E-state index contributed by atoms with van der Waals surface area (Å²) < 4.78 is 56.1. The van der Waals surface area contributed by atoms with Gasteiger partial charge in [-0.2, -0.15) is 13.2 Å². The summed E-state index contributed by atoms with van der Waals surface area (Å²) in [5.74, 6) is -1.06. The molecule has 1 aliphatic rings. The maximum atomic E-state index is 13.4. The molecule has 6 nitrogen and oxygen atoms in total. The van der Waals surface area contributed by atoms with Gasteiger partial charge in [0.15, 0.2) is 11.5 Å². The van der Waals surface area contributed by atoms with Crippen LogP contribution in [0.2, 0.25) is 5.02 Å². The molecule has 1 aliphatic heterocycles. The first-order valence-electron chi connectivity index (χ1n) is 9.55. The maximum absolute atomic E-state index is 13.4. The van der Waals surface area contributed by atoms with Crippen LogP contribution in [0.1, 0.15) is 27.6 Å². The number of fused-ring (bicyclic) bond motifs is 1. The molecule has 3 aromatic rings. The zero-order valence-corrected chi connectivity index (χ0v) is 17.4. The molecule has 0 bridgehead atoms. The number of alkyl halides is 3. The van der Waals surface area contributed by atoms with Gasteiger partial charge in [-0.15, -0.1) is 0 Å². The third-order valence-corrected chi connectivity index (χ3v) is 4.95. The molecule has 1 heterocycles. The molecule has 0 aliphatic carbocycles. The predicted octanol–water partition coefficient (Wildman–Crippen LogP) is 5.62.